The first kappa shape index (κ1) is 23.0. The molecule has 0 N–H and O–H groups in total. The fraction of sp³-hybridized carbons (Fsp3) is 0.200. The molecule has 0 unspecified atom stereocenters. The van der Waals surface area contributed by atoms with Gasteiger partial charge >= 0.3 is 12.4 Å². The van der Waals surface area contributed by atoms with Gasteiger partial charge in [0, 0.05) is 4.47 Å². The van der Waals surface area contributed by atoms with Crippen LogP contribution < -0.4 is 4.90 Å². The molecule has 0 spiro atoms. The quantitative estimate of drug-likeness (QED) is 0.342. The maximum absolute atomic E-state index is 13.2. The summed E-state index contributed by atoms with van der Waals surface area (Å²) in [6.07, 6.45) is -10.3. The molecule has 0 saturated heterocycles. The van der Waals surface area contributed by atoms with E-state index in [9.17, 15) is 35.9 Å². The van der Waals surface area contributed by atoms with Crippen LogP contribution in [0.1, 0.15) is 43.5 Å². The molecule has 6 nitrogen and oxygen atoms in total. The van der Waals surface area contributed by atoms with E-state index in [1.54, 1.807) is 12.1 Å². The van der Waals surface area contributed by atoms with Crippen molar-refractivity contribution in [2.24, 2.45) is 0 Å². The van der Waals surface area contributed by atoms with Crippen LogP contribution in [0.4, 0.5) is 32.0 Å². The number of imide groups is 1. The highest BCUT2D eigenvalue weighted by Crippen LogP contribution is 2.36. The topological polar surface area (TPSA) is 68.1 Å². The third-order valence-corrected chi connectivity index (χ3v) is 5.54. The second-order valence-electron chi connectivity index (χ2n) is 7.14. The molecule has 2 amide bonds. The second kappa shape index (κ2) is 7.68. The maximum atomic E-state index is 13.2. The zero-order valence-corrected chi connectivity index (χ0v) is 18.0. The molecule has 172 valence electrons. The monoisotopic (exact) mass is 532 g/mol. The number of fused-ring (bicyclic) bond motifs is 1. The summed E-state index contributed by atoms with van der Waals surface area (Å²) in [5.74, 6) is -4.84. The number of anilines is 1. The third-order valence-electron chi connectivity index (χ3n) is 4.88. The van der Waals surface area contributed by atoms with Crippen LogP contribution in [-0.2, 0) is 18.9 Å². The van der Waals surface area contributed by atoms with Gasteiger partial charge in [-0.3, -0.25) is 9.59 Å². The van der Waals surface area contributed by atoms with Gasteiger partial charge in [0.2, 0.25) is 5.82 Å². The molecule has 1 aliphatic rings. The highest BCUT2D eigenvalue weighted by molar-refractivity contribution is 9.10. The van der Waals surface area contributed by atoms with Crippen molar-refractivity contribution >= 4 is 33.4 Å². The van der Waals surface area contributed by atoms with Crippen molar-refractivity contribution in [3.8, 4) is 0 Å². The molecule has 0 saturated carbocycles. The number of hydrogen-bond acceptors (Lipinski definition) is 4. The number of alkyl halides is 6. The molecular formula is C20H11BrF6N4O2. The predicted octanol–water partition coefficient (Wildman–Crippen LogP) is 5.24. The Bertz CT molecular complexity index is 1300. The van der Waals surface area contributed by atoms with Crippen molar-refractivity contribution in [2.45, 2.75) is 25.8 Å². The summed E-state index contributed by atoms with van der Waals surface area (Å²) in [7, 11) is 0. The van der Waals surface area contributed by atoms with Gasteiger partial charge in [0.1, 0.15) is 0 Å². The highest BCUT2D eigenvalue weighted by Gasteiger charge is 2.44. The Kier molecular flexibility index (Phi) is 5.34. The summed E-state index contributed by atoms with van der Waals surface area (Å²) in [6, 6.07) is 8.70. The minimum absolute atomic E-state index is 0.121. The molecule has 0 fully saturated rings. The van der Waals surface area contributed by atoms with Crippen LogP contribution in [0.3, 0.4) is 0 Å². The fourth-order valence-electron chi connectivity index (χ4n) is 3.48. The second-order valence-corrected chi connectivity index (χ2v) is 8.00. The molecule has 2 heterocycles. The molecule has 33 heavy (non-hydrogen) atoms. The van der Waals surface area contributed by atoms with Crippen molar-refractivity contribution in [1.82, 2.24) is 14.8 Å². The lowest BCUT2D eigenvalue weighted by Gasteiger charge is -2.18. The number of benzene rings is 2. The summed E-state index contributed by atoms with van der Waals surface area (Å²) in [4.78, 5) is 29.1. The van der Waals surface area contributed by atoms with Crippen LogP contribution in [0.5, 0.6) is 0 Å². The molecule has 13 heteroatoms. The van der Waals surface area contributed by atoms with E-state index in [0.717, 1.165) is 4.90 Å². The molecule has 4 rings (SSSR count). The molecule has 0 aliphatic carbocycles. The molecule has 3 aromatic rings. The molecular weight excluding hydrogens is 522 g/mol. The first-order valence-corrected chi connectivity index (χ1v) is 9.94. The standard InChI is InChI=1S/C20H11BrF6N4O2/c1-9-7-10(8-30-18(20(25,26)27)28-17(29-30)19(22,23)24)5-6-13(9)31-15(32)11-3-2-4-12(21)14(11)16(31)33/h2-7H,8H2,1H3. The molecule has 2 aromatic carbocycles. The molecule has 1 aromatic heterocycles. The van der Waals surface area contributed by atoms with Crippen LogP contribution in [0.15, 0.2) is 40.9 Å². The number of aryl methyl sites for hydroxylation is 1. The minimum Gasteiger partial charge on any atom is -0.268 e. The summed E-state index contributed by atoms with van der Waals surface area (Å²) in [5, 5.41) is 2.97. The van der Waals surface area contributed by atoms with Gasteiger partial charge in [-0.25, -0.2) is 9.58 Å². The van der Waals surface area contributed by atoms with E-state index < -0.39 is 42.4 Å². The Morgan fingerprint density at radius 3 is 2.24 bits per heavy atom. The Morgan fingerprint density at radius 2 is 1.67 bits per heavy atom. The number of carbonyl (C=O) groups excluding carboxylic acids is 2. The highest BCUT2D eigenvalue weighted by atomic mass is 79.9. The van der Waals surface area contributed by atoms with E-state index in [0.29, 0.717) is 10.0 Å². The van der Waals surface area contributed by atoms with Crippen LogP contribution in [0.2, 0.25) is 0 Å². The average Bonchev–Trinajstić information content (AvgIpc) is 3.23. The number of rotatable bonds is 3. The van der Waals surface area contributed by atoms with Crippen LogP contribution in [-0.4, -0.2) is 26.6 Å². The first-order valence-electron chi connectivity index (χ1n) is 9.15. The van der Waals surface area contributed by atoms with Gasteiger partial charge in [0.05, 0.1) is 23.4 Å². The number of nitrogens with zero attached hydrogens (tertiary/aromatic N) is 4. The fourth-order valence-corrected chi connectivity index (χ4v) is 4.02. The number of halogens is 7. The van der Waals surface area contributed by atoms with E-state index >= 15 is 0 Å². The zero-order chi connectivity index (χ0) is 24.3. The van der Waals surface area contributed by atoms with Crippen molar-refractivity contribution in [2.75, 3.05) is 4.90 Å². The SMILES string of the molecule is Cc1cc(Cn2nc(C(F)(F)F)nc2C(F)(F)F)ccc1N1C(=O)c2cccc(Br)c2C1=O. The van der Waals surface area contributed by atoms with Crippen molar-refractivity contribution in [3.63, 3.8) is 0 Å². The van der Waals surface area contributed by atoms with Gasteiger partial charge in [-0.2, -0.15) is 31.3 Å². The summed E-state index contributed by atoms with van der Waals surface area (Å²) in [6.45, 7) is 0.858. The largest absolute Gasteiger partial charge is 0.453 e. The number of hydrogen-bond donors (Lipinski definition) is 0. The van der Waals surface area contributed by atoms with Gasteiger partial charge in [-0.15, -0.1) is 5.10 Å². The van der Waals surface area contributed by atoms with E-state index in [-0.39, 0.29) is 27.1 Å². The van der Waals surface area contributed by atoms with Gasteiger partial charge in [0.15, 0.2) is 0 Å². The van der Waals surface area contributed by atoms with E-state index in [2.05, 4.69) is 26.0 Å². The first-order chi connectivity index (χ1) is 15.3. The van der Waals surface area contributed by atoms with E-state index in [1.165, 1.54) is 31.2 Å². The lowest BCUT2D eigenvalue weighted by atomic mass is 10.1. The molecule has 0 radical (unpaired) electrons. The van der Waals surface area contributed by atoms with Crippen molar-refractivity contribution in [3.05, 3.63) is 74.8 Å². The van der Waals surface area contributed by atoms with E-state index in [4.69, 9.17) is 0 Å². The van der Waals surface area contributed by atoms with Gasteiger partial charge in [0.25, 0.3) is 17.6 Å². The van der Waals surface area contributed by atoms with Gasteiger partial charge in [-0.05, 0) is 52.2 Å². The normalized spacial score (nSPS) is 14.2. The Labute approximate surface area is 189 Å². The van der Waals surface area contributed by atoms with Crippen LogP contribution >= 0.6 is 15.9 Å². The van der Waals surface area contributed by atoms with Gasteiger partial charge < -0.3 is 0 Å². The lowest BCUT2D eigenvalue weighted by Crippen LogP contribution is -2.30. The minimum atomic E-state index is -5.15. The molecule has 0 bridgehead atoms. The summed E-state index contributed by atoms with van der Waals surface area (Å²) < 4.78 is 78.6. The summed E-state index contributed by atoms with van der Waals surface area (Å²) >= 11 is 3.23. The van der Waals surface area contributed by atoms with Crippen LogP contribution in [0, 0.1) is 6.92 Å². The number of aromatic nitrogens is 3. The Balaban J connectivity index is 1.68. The van der Waals surface area contributed by atoms with Crippen molar-refractivity contribution < 1.29 is 35.9 Å². The number of amides is 2. The smallest absolute Gasteiger partial charge is 0.268 e. The summed E-state index contributed by atoms with van der Waals surface area (Å²) in [5.41, 5.74) is 1.08. The van der Waals surface area contributed by atoms with E-state index in [1.807, 2.05) is 0 Å². The predicted molar refractivity (Wildman–Crippen MR) is 106 cm³/mol. The lowest BCUT2D eigenvalue weighted by molar-refractivity contribution is -0.150. The Morgan fingerprint density at radius 1 is 0.970 bits per heavy atom. The maximum Gasteiger partial charge on any atom is 0.453 e. The third kappa shape index (κ3) is 4.01. The average molecular weight is 533 g/mol. The molecule has 0 atom stereocenters. The zero-order valence-electron chi connectivity index (χ0n) is 16.4. The number of carbonyl (C=O) groups is 2. The van der Waals surface area contributed by atoms with Crippen molar-refractivity contribution in [1.29, 1.82) is 0 Å². The molecule has 1 aliphatic heterocycles. The Hall–Kier alpha value is -3.22. The van der Waals surface area contributed by atoms with Gasteiger partial charge in [-0.1, -0.05) is 18.2 Å². The van der Waals surface area contributed by atoms with Crippen LogP contribution in [0.25, 0.3) is 0 Å².